The van der Waals surface area contributed by atoms with E-state index in [0.29, 0.717) is 12.2 Å². The highest BCUT2D eigenvalue weighted by molar-refractivity contribution is 6.30. The molecule has 1 aromatic carbocycles. The van der Waals surface area contributed by atoms with E-state index < -0.39 is 5.82 Å². The Kier molecular flexibility index (Phi) is 4.95. The summed E-state index contributed by atoms with van der Waals surface area (Å²) >= 11 is 5.64. The van der Waals surface area contributed by atoms with Crippen molar-refractivity contribution < 1.29 is 9.18 Å². The first-order valence-electron chi connectivity index (χ1n) is 4.69. The van der Waals surface area contributed by atoms with Crippen LogP contribution in [0.3, 0.4) is 0 Å². The van der Waals surface area contributed by atoms with E-state index in [1.807, 2.05) is 0 Å². The Bertz CT molecular complexity index is 375. The Labute approximate surface area is 98.3 Å². The molecular weight excluding hydrogens is 231 g/mol. The Morgan fingerprint density at radius 2 is 2.25 bits per heavy atom. The molecular formula is C11H12ClFN2O. The number of benzene rings is 1. The van der Waals surface area contributed by atoms with Gasteiger partial charge in [-0.15, -0.1) is 6.58 Å². The van der Waals surface area contributed by atoms with Crippen LogP contribution in [-0.4, -0.2) is 19.0 Å². The number of hydrogen-bond acceptors (Lipinski definition) is 2. The molecule has 1 rings (SSSR count). The zero-order chi connectivity index (χ0) is 12.0. The molecule has 0 saturated carbocycles. The zero-order valence-corrected chi connectivity index (χ0v) is 9.35. The molecule has 0 radical (unpaired) electrons. The van der Waals surface area contributed by atoms with Crippen LogP contribution in [0.4, 0.5) is 10.1 Å². The lowest BCUT2D eigenvalue weighted by Gasteiger charge is -2.06. The van der Waals surface area contributed by atoms with E-state index in [4.69, 9.17) is 11.6 Å². The maximum atomic E-state index is 12.9. The van der Waals surface area contributed by atoms with Gasteiger partial charge in [-0.05, 0) is 18.2 Å². The fraction of sp³-hybridized carbons (Fsp3) is 0.182. The van der Waals surface area contributed by atoms with Crippen LogP contribution in [0.15, 0.2) is 30.9 Å². The smallest absolute Gasteiger partial charge is 0.238 e. The Morgan fingerprint density at radius 1 is 1.50 bits per heavy atom. The third kappa shape index (κ3) is 4.42. The van der Waals surface area contributed by atoms with Gasteiger partial charge in [-0.25, -0.2) is 4.39 Å². The molecule has 0 unspecified atom stereocenters. The van der Waals surface area contributed by atoms with Gasteiger partial charge in [-0.2, -0.15) is 0 Å². The minimum atomic E-state index is -0.484. The summed E-state index contributed by atoms with van der Waals surface area (Å²) < 4.78 is 12.9. The number of hydrogen-bond donors (Lipinski definition) is 2. The van der Waals surface area contributed by atoms with Crippen molar-refractivity contribution in [2.45, 2.75) is 0 Å². The molecule has 16 heavy (non-hydrogen) atoms. The van der Waals surface area contributed by atoms with Crippen LogP contribution in [0.25, 0.3) is 0 Å². The van der Waals surface area contributed by atoms with Crippen LogP contribution < -0.4 is 10.6 Å². The molecule has 0 aliphatic carbocycles. The van der Waals surface area contributed by atoms with Gasteiger partial charge in [-0.1, -0.05) is 17.7 Å². The van der Waals surface area contributed by atoms with Gasteiger partial charge < -0.3 is 10.6 Å². The van der Waals surface area contributed by atoms with Crippen molar-refractivity contribution in [3.05, 3.63) is 41.7 Å². The van der Waals surface area contributed by atoms with Gasteiger partial charge in [0.25, 0.3) is 0 Å². The molecule has 1 amide bonds. The number of carbonyl (C=O) groups is 1. The predicted molar refractivity (Wildman–Crippen MR) is 63.1 cm³/mol. The van der Waals surface area contributed by atoms with E-state index in [9.17, 15) is 9.18 Å². The molecule has 0 aliphatic heterocycles. The summed E-state index contributed by atoms with van der Waals surface area (Å²) in [4.78, 5) is 11.3. The standard InChI is InChI=1S/C11H12ClFN2O/c1-2-3-14-7-11(16)15-10-5-8(12)4-9(13)6-10/h2,4-6,14H,1,3,7H2,(H,15,16). The van der Waals surface area contributed by atoms with Crippen LogP contribution in [-0.2, 0) is 4.79 Å². The summed E-state index contributed by atoms with van der Waals surface area (Å²) in [5, 5.41) is 5.59. The van der Waals surface area contributed by atoms with Crippen LogP contribution in [0.5, 0.6) is 0 Å². The van der Waals surface area contributed by atoms with Gasteiger partial charge in [-0.3, -0.25) is 4.79 Å². The van der Waals surface area contributed by atoms with Gasteiger partial charge in [0.2, 0.25) is 5.91 Å². The molecule has 0 spiro atoms. The quantitative estimate of drug-likeness (QED) is 0.614. The molecule has 5 heteroatoms. The lowest BCUT2D eigenvalue weighted by molar-refractivity contribution is -0.115. The van der Waals surface area contributed by atoms with E-state index in [2.05, 4.69) is 17.2 Å². The first kappa shape index (κ1) is 12.7. The molecule has 86 valence electrons. The second-order valence-electron chi connectivity index (χ2n) is 3.13. The summed E-state index contributed by atoms with van der Waals surface area (Å²) in [6, 6.07) is 3.86. The molecule has 0 heterocycles. The Hall–Kier alpha value is -1.39. The Morgan fingerprint density at radius 3 is 2.88 bits per heavy atom. The van der Waals surface area contributed by atoms with Crippen molar-refractivity contribution in [1.29, 1.82) is 0 Å². The summed E-state index contributed by atoms with van der Waals surface area (Å²) in [6.07, 6.45) is 1.65. The summed E-state index contributed by atoms with van der Waals surface area (Å²) in [5.41, 5.74) is 0.343. The maximum absolute atomic E-state index is 12.9. The van der Waals surface area contributed by atoms with Crippen molar-refractivity contribution in [2.24, 2.45) is 0 Å². The molecule has 1 aromatic rings. The number of nitrogens with one attached hydrogen (secondary N) is 2. The van der Waals surface area contributed by atoms with Crippen LogP contribution in [0, 0.1) is 5.82 Å². The second-order valence-corrected chi connectivity index (χ2v) is 3.56. The molecule has 2 N–H and O–H groups in total. The zero-order valence-electron chi connectivity index (χ0n) is 8.59. The number of halogens is 2. The number of carbonyl (C=O) groups excluding carboxylic acids is 1. The lowest BCUT2D eigenvalue weighted by Crippen LogP contribution is -2.28. The minimum Gasteiger partial charge on any atom is -0.325 e. The largest absolute Gasteiger partial charge is 0.325 e. The van der Waals surface area contributed by atoms with Crippen molar-refractivity contribution in [2.75, 3.05) is 18.4 Å². The first-order chi connectivity index (χ1) is 7.61. The van der Waals surface area contributed by atoms with E-state index in [1.54, 1.807) is 6.08 Å². The van der Waals surface area contributed by atoms with E-state index in [-0.39, 0.29) is 17.5 Å². The molecule has 0 aromatic heterocycles. The molecule has 0 aliphatic rings. The fourth-order valence-electron chi connectivity index (χ4n) is 1.12. The minimum absolute atomic E-state index is 0.139. The topological polar surface area (TPSA) is 41.1 Å². The normalized spacial score (nSPS) is 9.88. The maximum Gasteiger partial charge on any atom is 0.238 e. The number of anilines is 1. The van der Waals surface area contributed by atoms with Crippen molar-refractivity contribution in [3.63, 3.8) is 0 Å². The number of amides is 1. The van der Waals surface area contributed by atoms with Crippen LogP contribution >= 0.6 is 11.6 Å². The van der Waals surface area contributed by atoms with Gasteiger partial charge in [0.15, 0.2) is 0 Å². The summed E-state index contributed by atoms with van der Waals surface area (Å²) in [7, 11) is 0. The van der Waals surface area contributed by atoms with Crippen molar-refractivity contribution in [1.82, 2.24) is 5.32 Å². The average Bonchev–Trinajstić information content (AvgIpc) is 2.16. The highest BCUT2D eigenvalue weighted by Crippen LogP contribution is 2.17. The molecule has 0 fully saturated rings. The highest BCUT2D eigenvalue weighted by Gasteiger charge is 2.03. The van der Waals surface area contributed by atoms with E-state index >= 15 is 0 Å². The average molecular weight is 243 g/mol. The summed E-state index contributed by atoms with van der Waals surface area (Å²) in [6.45, 7) is 4.18. The third-order valence-corrected chi connectivity index (χ3v) is 1.94. The Balaban J connectivity index is 2.52. The van der Waals surface area contributed by atoms with E-state index in [0.717, 1.165) is 0 Å². The highest BCUT2D eigenvalue weighted by atomic mass is 35.5. The SMILES string of the molecule is C=CCNCC(=O)Nc1cc(F)cc(Cl)c1. The van der Waals surface area contributed by atoms with E-state index in [1.165, 1.54) is 18.2 Å². The van der Waals surface area contributed by atoms with Crippen LogP contribution in [0.1, 0.15) is 0 Å². The molecule has 0 bridgehead atoms. The molecule has 0 saturated heterocycles. The van der Waals surface area contributed by atoms with Gasteiger partial charge in [0, 0.05) is 17.3 Å². The fourth-order valence-corrected chi connectivity index (χ4v) is 1.34. The van der Waals surface area contributed by atoms with Gasteiger partial charge >= 0.3 is 0 Å². The second kappa shape index (κ2) is 6.25. The molecule has 3 nitrogen and oxygen atoms in total. The lowest BCUT2D eigenvalue weighted by atomic mass is 10.3. The third-order valence-electron chi connectivity index (χ3n) is 1.72. The monoisotopic (exact) mass is 242 g/mol. The van der Waals surface area contributed by atoms with Crippen molar-refractivity contribution >= 4 is 23.2 Å². The van der Waals surface area contributed by atoms with Gasteiger partial charge in [0.05, 0.1) is 6.54 Å². The number of rotatable bonds is 5. The predicted octanol–water partition coefficient (Wildman–Crippen LogP) is 2.19. The van der Waals surface area contributed by atoms with Crippen molar-refractivity contribution in [3.8, 4) is 0 Å². The first-order valence-corrected chi connectivity index (χ1v) is 5.07. The summed E-state index contributed by atoms with van der Waals surface area (Å²) in [5.74, 6) is -0.745. The van der Waals surface area contributed by atoms with Crippen LogP contribution in [0.2, 0.25) is 5.02 Å². The van der Waals surface area contributed by atoms with Gasteiger partial charge in [0.1, 0.15) is 5.82 Å². The molecule has 0 atom stereocenters.